The van der Waals surface area contributed by atoms with Crippen LogP contribution in [0.5, 0.6) is 0 Å². The predicted octanol–water partition coefficient (Wildman–Crippen LogP) is 3.33. The molecular formula is C15H19Cl2NO3. The number of carbonyl (C=O) groups excluding carboxylic acids is 1. The molecule has 2 unspecified atom stereocenters. The minimum Gasteiger partial charge on any atom is -0.464 e. The molecule has 1 aliphatic carbocycles. The average Bonchev–Trinajstić information content (AvgIpc) is 2.83. The summed E-state index contributed by atoms with van der Waals surface area (Å²) in [6.45, 7) is 5.35. The summed E-state index contributed by atoms with van der Waals surface area (Å²) in [6, 6.07) is 3.66. The molecular weight excluding hydrogens is 313 g/mol. The summed E-state index contributed by atoms with van der Waals surface area (Å²) < 4.78 is 10.4. The molecule has 6 heteroatoms. The molecule has 0 N–H and O–H groups in total. The van der Waals surface area contributed by atoms with Gasteiger partial charge in [0.2, 0.25) is 5.91 Å². The molecule has 2 aliphatic rings. The van der Waals surface area contributed by atoms with E-state index in [9.17, 15) is 4.79 Å². The maximum atomic E-state index is 12.8. The lowest BCUT2D eigenvalue weighted by Crippen LogP contribution is -2.47. The average molecular weight is 332 g/mol. The first-order valence-electron chi connectivity index (χ1n) is 7.24. The van der Waals surface area contributed by atoms with Gasteiger partial charge >= 0.3 is 0 Å². The lowest BCUT2D eigenvalue weighted by Gasteiger charge is -2.36. The highest BCUT2D eigenvalue weighted by molar-refractivity contribution is 6.53. The largest absolute Gasteiger partial charge is 0.464 e. The molecule has 1 saturated heterocycles. The molecule has 2 fully saturated rings. The van der Waals surface area contributed by atoms with Crippen LogP contribution >= 0.6 is 23.2 Å². The third kappa shape index (κ3) is 2.47. The summed E-state index contributed by atoms with van der Waals surface area (Å²) in [5.74, 6) is 1.65. The van der Waals surface area contributed by atoms with E-state index in [-0.39, 0.29) is 11.9 Å². The predicted molar refractivity (Wildman–Crippen MR) is 80.5 cm³/mol. The number of hydrogen-bond acceptors (Lipinski definition) is 3. The van der Waals surface area contributed by atoms with Crippen molar-refractivity contribution in [2.24, 2.45) is 5.41 Å². The van der Waals surface area contributed by atoms with Gasteiger partial charge in [-0.1, -0.05) is 6.92 Å². The highest BCUT2D eigenvalue weighted by Crippen LogP contribution is 2.64. The Morgan fingerprint density at radius 1 is 1.48 bits per heavy atom. The molecule has 0 spiro atoms. The Morgan fingerprint density at radius 2 is 2.19 bits per heavy atom. The second-order valence-electron chi connectivity index (χ2n) is 5.96. The van der Waals surface area contributed by atoms with Crippen molar-refractivity contribution in [2.45, 2.75) is 37.1 Å². The second-order valence-corrected chi connectivity index (χ2v) is 7.44. The summed E-state index contributed by atoms with van der Waals surface area (Å²) in [4.78, 5) is 14.6. The van der Waals surface area contributed by atoms with E-state index in [1.165, 1.54) is 0 Å². The smallest absolute Gasteiger partial charge is 0.232 e. The van der Waals surface area contributed by atoms with Gasteiger partial charge in [0.1, 0.15) is 21.9 Å². The van der Waals surface area contributed by atoms with Crippen molar-refractivity contribution in [1.29, 1.82) is 0 Å². The first-order valence-corrected chi connectivity index (χ1v) is 8.00. The molecule has 0 radical (unpaired) electrons. The topological polar surface area (TPSA) is 42.7 Å². The van der Waals surface area contributed by atoms with Gasteiger partial charge in [-0.2, -0.15) is 0 Å². The number of hydrogen-bond donors (Lipinski definition) is 0. The first-order chi connectivity index (χ1) is 9.89. The van der Waals surface area contributed by atoms with E-state index in [0.29, 0.717) is 26.2 Å². The first kappa shape index (κ1) is 15.2. The molecule has 1 aliphatic heterocycles. The fourth-order valence-electron chi connectivity index (χ4n) is 2.79. The van der Waals surface area contributed by atoms with Gasteiger partial charge in [-0.05, 0) is 25.5 Å². The van der Waals surface area contributed by atoms with Crippen molar-refractivity contribution in [3.8, 4) is 0 Å². The van der Waals surface area contributed by atoms with Crippen molar-refractivity contribution in [1.82, 2.24) is 4.90 Å². The van der Waals surface area contributed by atoms with Crippen LogP contribution in [0.1, 0.15) is 37.8 Å². The minimum atomic E-state index is -0.954. The van der Waals surface area contributed by atoms with Crippen LogP contribution in [0.15, 0.2) is 16.5 Å². The maximum absolute atomic E-state index is 12.8. The Morgan fingerprint density at radius 3 is 2.76 bits per heavy atom. The standard InChI is InChI=1S/C15H19Cl2NO3/c1-3-10-4-5-12(21-10)11-8-20-7-6-18(11)13(19)14(2)9-15(14,16)17/h4-5,11H,3,6-9H2,1-2H3. The van der Waals surface area contributed by atoms with E-state index >= 15 is 0 Å². The van der Waals surface area contributed by atoms with Gasteiger partial charge in [-0.25, -0.2) is 0 Å². The van der Waals surface area contributed by atoms with E-state index in [4.69, 9.17) is 32.4 Å². The van der Waals surface area contributed by atoms with Crippen molar-refractivity contribution in [3.05, 3.63) is 23.7 Å². The number of rotatable bonds is 3. The summed E-state index contributed by atoms with van der Waals surface area (Å²) in [5.41, 5.74) is -0.702. The number of ether oxygens (including phenoxy) is 1. The molecule has 116 valence electrons. The zero-order valence-electron chi connectivity index (χ0n) is 12.2. The van der Waals surface area contributed by atoms with E-state index in [1.54, 1.807) is 4.90 Å². The molecule has 3 rings (SSSR count). The van der Waals surface area contributed by atoms with Crippen molar-refractivity contribution < 1.29 is 13.9 Å². The van der Waals surface area contributed by atoms with Crippen LogP contribution in [-0.4, -0.2) is 34.9 Å². The van der Waals surface area contributed by atoms with Crippen LogP contribution < -0.4 is 0 Å². The van der Waals surface area contributed by atoms with Crippen LogP contribution in [0.2, 0.25) is 0 Å². The zero-order valence-corrected chi connectivity index (χ0v) is 13.7. The molecule has 1 saturated carbocycles. The molecule has 2 heterocycles. The molecule has 1 amide bonds. The van der Waals surface area contributed by atoms with Gasteiger partial charge < -0.3 is 14.1 Å². The molecule has 1 aromatic rings. The fraction of sp³-hybridized carbons (Fsp3) is 0.667. The van der Waals surface area contributed by atoms with Crippen molar-refractivity contribution in [3.63, 3.8) is 0 Å². The number of alkyl halides is 2. The van der Waals surface area contributed by atoms with Gasteiger partial charge in [-0.3, -0.25) is 4.79 Å². The maximum Gasteiger partial charge on any atom is 0.232 e. The number of carbonyl (C=O) groups is 1. The van der Waals surface area contributed by atoms with Crippen LogP contribution in [0.3, 0.4) is 0 Å². The zero-order chi connectivity index (χ0) is 15.3. The third-order valence-corrected chi connectivity index (χ3v) is 5.58. The molecule has 0 bridgehead atoms. The summed E-state index contributed by atoms with van der Waals surface area (Å²) in [7, 11) is 0. The number of amides is 1. The Labute approximate surface area is 134 Å². The van der Waals surface area contributed by atoms with Gasteiger partial charge in [0.25, 0.3) is 0 Å². The Bertz CT molecular complexity index is 557. The lowest BCUT2D eigenvalue weighted by molar-refractivity contribution is -0.146. The van der Waals surface area contributed by atoms with Crippen LogP contribution in [-0.2, 0) is 16.0 Å². The number of morpholine rings is 1. The number of nitrogens with zero attached hydrogens (tertiary/aromatic N) is 1. The van der Waals surface area contributed by atoms with Crippen LogP contribution in [0.4, 0.5) is 0 Å². The van der Waals surface area contributed by atoms with Crippen LogP contribution in [0.25, 0.3) is 0 Å². The summed E-state index contributed by atoms with van der Waals surface area (Å²) in [6.07, 6.45) is 1.32. The Kier molecular flexibility index (Phi) is 3.75. The highest BCUT2D eigenvalue weighted by Gasteiger charge is 2.69. The van der Waals surface area contributed by atoms with Gasteiger partial charge in [0, 0.05) is 13.0 Å². The van der Waals surface area contributed by atoms with Crippen molar-refractivity contribution in [2.75, 3.05) is 19.8 Å². The van der Waals surface area contributed by atoms with Gasteiger partial charge in [0.15, 0.2) is 0 Å². The molecule has 0 aromatic carbocycles. The van der Waals surface area contributed by atoms with E-state index in [2.05, 4.69) is 0 Å². The fourth-order valence-corrected chi connectivity index (χ4v) is 3.49. The normalized spacial score (nSPS) is 31.2. The van der Waals surface area contributed by atoms with Crippen LogP contribution in [0, 0.1) is 5.41 Å². The summed E-state index contributed by atoms with van der Waals surface area (Å²) >= 11 is 12.3. The Balaban J connectivity index is 1.83. The molecule has 21 heavy (non-hydrogen) atoms. The highest BCUT2D eigenvalue weighted by atomic mass is 35.5. The lowest BCUT2D eigenvalue weighted by atomic mass is 10.0. The monoisotopic (exact) mass is 331 g/mol. The second kappa shape index (κ2) is 5.18. The molecule has 4 nitrogen and oxygen atoms in total. The third-order valence-electron chi connectivity index (χ3n) is 4.48. The number of aryl methyl sites for hydroxylation is 1. The van der Waals surface area contributed by atoms with Gasteiger partial charge in [0.05, 0.1) is 18.6 Å². The minimum absolute atomic E-state index is 0.0183. The van der Waals surface area contributed by atoms with E-state index in [0.717, 1.165) is 17.9 Å². The van der Waals surface area contributed by atoms with E-state index < -0.39 is 9.75 Å². The molecule has 1 aromatic heterocycles. The number of halogens is 2. The number of furan rings is 1. The summed E-state index contributed by atoms with van der Waals surface area (Å²) in [5, 5.41) is 0. The van der Waals surface area contributed by atoms with Gasteiger partial charge in [-0.15, -0.1) is 23.2 Å². The molecule has 2 atom stereocenters. The van der Waals surface area contributed by atoms with Crippen molar-refractivity contribution >= 4 is 29.1 Å². The SMILES string of the molecule is CCc1ccc(C2COCCN2C(=O)C2(C)CC2(Cl)Cl)o1. The Hall–Kier alpha value is -0.710. The van der Waals surface area contributed by atoms with E-state index in [1.807, 2.05) is 26.0 Å². The quantitative estimate of drug-likeness (QED) is 0.798.